The number of aromatic amines is 1. The van der Waals surface area contributed by atoms with Gasteiger partial charge in [0.1, 0.15) is 11.9 Å². The van der Waals surface area contributed by atoms with Gasteiger partial charge in [0.05, 0.1) is 11.3 Å². The summed E-state index contributed by atoms with van der Waals surface area (Å²) < 4.78 is 0. The van der Waals surface area contributed by atoms with Gasteiger partial charge in [-0.3, -0.25) is 0 Å². The summed E-state index contributed by atoms with van der Waals surface area (Å²) in [6.07, 6.45) is 5.69. The average Bonchev–Trinajstić information content (AvgIpc) is 3.02. The van der Waals surface area contributed by atoms with Crippen molar-refractivity contribution in [3.63, 3.8) is 0 Å². The Morgan fingerprint density at radius 2 is 1.95 bits per heavy atom. The Balaban J connectivity index is 1.72. The summed E-state index contributed by atoms with van der Waals surface area (Å²) in [6, 6.07) is 7.91. The molecule has 96 valence electrons. The molecule has 2 aromatic rings. The van der Waals surface area contributed by atoms with Crippen LogP contribution in [-0.4, -0.2) is 36.1 Å². The minimum atomic E-state index is 0.651. The van der Waals surface area contributed by atoms with Crippen molar-refractivity contribution in [1.29, 1.82) is 5.26 Å². The first-order chi connectivity index (χ1) is 9.38. The van der Waals surface area contributed by atoms with Gasteiger partial charge in [0.25, 0.3) is 0 Å². The highest BCUT2D eigenvalue weighted by Gasteiger charge is 2.20. The average molecular weight is 253 g/mol. The van der Waals surface area contributed by atoms with Gasteiger partial charge in [0.2, 0.25) is 0 Å². The van der Waals surface area contributed by atoms with Crippen LogP contribution < -0.4 is 9.80 Å². The predicted molar refractivity (Wildman–Crippen MR) is 74.2 cm³/mol. The van der Waals surface area contributed by atoms with Crippen LogP contribution in [0.5, 0.6) is 0 Å². The van der Waals surface area contributed by atoms with Crippen LogP contribution in [-0.2, 0) is 0 Å². The van der Waals surface area contributed by atoms with Crippen LogP contribution in [0.25, 0.3) is 0 Å². The molecule has 1 aliphatic heterocycles. The highest BCUT2D eigenvalue weighted by molar-refractivity contribution is 5.55. The second-order valence-corrected chi connectivity index (χ2v) is 4.53. The van der Waals surface area contributed by atoms with E-state index in [1.54, 1.807) is 12.3 Å². The first kappa shape index (κ1) is 11.6. The standard InChI is InChI=1S/C14H15N5/c15-10-12-2-1-4-17-14(12)19-8-6-18(7-9-19)13-3-5-16-11-13/h1-5,11,16H,6-9H2. The van der Waals surface area contributed by atoms with Crippen LogP contribution in [0.1, 0.15) is 5.56 Å². The van der Waals surface area contributed by atoms with Crippen LogP contribution in [0.15, 0.2) is 36.8 Å². The molecule has 0 amide bonds. The van der Waals surface area contributed by atoms with E-state index in [0.29, 0.717) is 5.56 Å². The highest BCUT2D eigenvalue weighted by Crippen LogP contribution is 2.20. The molecule has 1 fully saturated rings. The molecular formula is C14H15N5. The Bertz CT molecular complexity index is 576. The van der Waals surface area contributed by atoms with Gasteiger partial charge in [0.15, 0.2) is 0 Å². The van der Waals surface area contributed by atoms with Gasteiger partial charge in [-0.05, 0) is 18.2 Å². The van der Waals surface area contributed by atoms with Crippen molar-refractivity contribution in [2.45, 2.75) is 0 Å². The van der Waals surface area contributed by atoms with Crippen molar-refractivity contribution in [3.8, 4) is 6.07 Å². The Kier molecular flexibility index (Phi) is 3.07. The molecule has 0 radical (unpaired) electrons. The second kappa shape index (κ2) is 5.02. The third-order valence-electron chi connectivity index (χ3n) is 3.43. The Morgan fingerprint density at radius 3 is 2.63 bits per heavy atom. The molecule has 1 saturated heterocycles. The molecule has 2 aromatic heterocycles. The van der Waals surface area contributed by atoms with Gasteiger partial charge in [-0.2, -0.15) is 5.26 Å². The zero-order chi connectivity index (χ0) is 13.1. The number of pyridine rings is 1. The number of anilines is 2. The number of hydrogen-bond donors (Lipinski definition) is 1. The van der Waals surface area contributed by atoms with Gasteiger partial charge in [0, 0.05) is 44.8 Å². The fourth-order valence-electron chi connectivity index (χ4n) is 2.42. The van der Waals surface area contributed by atoms with E-state index in [1.165, 1.54) is 5.69 Å². The number of nitrogens with one attached hydrogen (secondary N) is 1. The first-order valence-corrected chi connectivity index (χ1v) is 6.36. The van der Waals surface area contributed by atoms with Gasteiger partial charge in [-0.15, -0.1) is 0 Å². The number of piperazine rings is 1. The normalized spacial score (nSPS) is 15.3. The molecule has 1 N–H and O–H groups in total. The van der Waals surface area contributed by atoms with Crippen LogP contribution in [0.4, 0.5) is 11.5 Å². The van der Waals surface area contributed by atoms with E-state index in [0.717, 1.165) is 32.0 Å². The number of nitriles is 1. The molecule has 19 heavy (non-hydrogen) atoms. The number of hydrogen-bond acceptors (Lipinski definition) is 4. The lowest BCUT2D eigenvalue weighted by Gasteiger charge is -2.36. The molecule has 0 aliphatic carbocycles. The van der Waals surface area contributed by atoms with E-state index >= 15 is 0 Å². The maximum atomic E-state index is 9.12. The quantitative estimate of drug-likeness (QED) is 0.883. The molecule has 1 aliphatic rings. The van der Waals surface area contributed by atoms with Crippen molar-refractivity contribution >= 4 is 11.5 Å². The summed E-state index contributed by atoms with van der Waals surface area (Å²) in [6.45, 7) is 3.66. The van der Waals surface area contributed by atoms with Crippen LogP contribution in [0, 0.1) is 11.3 Å². The maximum absolute atomic E-state index is 9.12. The van der Waals surface area contributed by atoms with Crippen molar-refractivity contribution < 1.29 is 0 Å². The molecule has 0 aromatic carbocycles. The monoisotopic (exact) mass is 253 g/mol. The molecule has 0 atom stereocenters. The van der Waals surface area contributed by atoms with Crippen LogP contribution in [0.2, 0.25) is 0 Å². The van der Waals surface area contributed by atoms with E-state index in [4.69, 9.17) is 5.26 Å². The summed E-state index contributed by atoms with van der Waals surface area (Å²) in [7, 11) is 0. The predicted octanol–water partition coefficient (Wildman–Crippen LogP) is 1.61. The summed E-state index contributed by atoms with van der Waals surface area (Å²) in [5.74, 6) is 0.804. The van der Waals surface area contributed by atoms with E-state index in [9.17, 15) is 0 Å². The molecule has 3 rings (SSSR count). The number of H-pyrrole nitrogens is 1. The molecule has 5 heteroatoms. The largest absolute Gasteiger partial charge is 0.367 e. The number of rotatable bonds is 2. The lowest BCUT2D eigenvalue weighted by Crippen LogP contribution is -2.47. The third kappa shape index (κ3) is 2.25. The van der Waals surface area contributed by atoms with E-state index in [2.05, 4.69) is 31.9 Å². The Morgan fingerprint density at radius 1 is 1.16 bits per heavy atom. The summed E-state index contributed by atoms with van der Waals surface area (Å²) in [5.41, 5.74) is 1.87. The van der Waals surface area contributed by atoms with Crippen molar-refractivity contribution in [1.82, 2.24) is 9.97 Å². The Labute approximate surface area is 112 Å². The highest BCUT2D eigenvalue weighted by atomic mass is 15.3. The summed E-state index contributed by atoms with van der Waals surface area (Å²) in [4.78, 5) is 11.9. The fourth-order valence-corrected chi connectivity index (χ4v) is 2.42. The SMILES string of the molecule is N#Cc1cccnc1N1CCN(c2cc[nH]c2)CC1. The maximum Gasteiger partial charge on any atom is 0.146 e. The molecule has 3 heterocycles. The molecule has 0 saturated carbocycles. The second-order valence-electron chi connectivity index (χ2n) is 4.53. The minimum absolute atomic E-state index is 0.651. The molecule has 0 spiro atoms. The van der Waals surface area contributed by atoms with Crippen LogP contribution >= 0.6 is 0 Å². The molecule has 5 nitrogen and oxygen atoms in total. The zero-order valence-electron chi connectivity index (χ0n) is 10.6. The van der Waals surface area contributed by atoms with Gasteiger partial charge in [-0.25, -0.2) is 4.98 Å². The molecular weight excluding hydrogens is 238 g/mol. The first-order valence-electron chi connectivity index (χ1n) is 6.36. The van der Waals surface area contributed by atoms with Crippen LogP contribution in [0.3, 0.4) is 0 Å². The van der Waals surface area contributed by atoms with Gasteiger partial charge in [-0.1, -0.05) is 0 Å². The van der Waals surface area contributed by atoms with E-state index in [1.807, 2.05) is 18.5 Å². The fraction of sp³-hybridized carbons (Fsp3) is 0.286. The van der Waals surface area contributed by atoms with Crippen molar-refractivity contribution in [2.75, 3.05) is 36.0 Å². The smallest absolute Gasteiger partial charge is 0.146 e. The van der Waals surface area contributed by atoms with Crippen molar-refractivity contribution in [3.05, 3.63) is 42.4 Å². The van der Waals surface area contributed by atoms with E-state index < -0.39 is 0 Å². The number of nitrogens with zero attached hydrogens (tertiary/aromatic N) is 4. The molecule has 0 bridgehead atoms. The lowest BCUT2D eigenvalue weighted by molar-refractivity contribution is 0.647. The lowest BCUT2D eigenvalue weighted by atomic mass is 10.2. The third-order valence-corrected chi connectivity index (χ3v) is 3.43. The zero-order valence-corrected chi connectivity index (χ0v) is 10.6. The summed E-state index contributed by atoms with van der Waals surface area (Å²) >= 11 is 0. The number of aromatic nitrogens is 2. The van der Waals surface area contributed by atoms with Gasteiger partial charge >= 0.3 is 0 Å². The van der Waals surface area contributed by atoms with Crippen molar-refractivity contribution in [2.24, 2.45) is 0 Å². The Hall–Kier alpha value is -2.48. The summed E-state index contributed by atoms with van der Waals surface area (Å²) in [5, 5.41) is 9.12. The van der Waals surface area contributed by atoms with Gasteiger partial charge < -0.3 is 14.8 Å². The minimum Gasteiger partial charge on any atom is -0.367 e. The topological polar surface area (TPSA) is 59.0 Å². The van der Waals surface area contributed by atoms with E-state index in [-0.39, 0.29) is 0 Å². The molecule has 0 unspecified atom stereocenters.